The zero-order valence-electron chi connectivity index (χ0n) is 8.31. The van der Waals surface area contributed by atoms with Crippen LogP contribution in [-0.4, -0.2) is 17.8 Å². The van der Waals surface area contributed by atoms with Crippen LogP contribution >= 0.6 is 15.9 Å². The van der Waals surface area contributed by atoms with Crippen LogP contribution < -0.4 is 5.48 Å². The summed E-state index contributed by atoms with van der Waals surface area (Å²) in [6, 6.07) is 0. The highest BCUT2D eigenvalue weighted by atomic mass is 79.9. The highest BCUT2D eigenvalue weighted by Gasteiger charge is 2.00. The molecule has 0 saturated heterocycles. The normalized spacial score (nSPS) is 10.5. The number of carbonyl (C=O) groups excluding carboxylic acids is 1. The molecule has 0 radical (unpaired) electrons. The van der Waals surface area contributed by atoms with Crippen molar-refractivity contribution in [3.8, 4) is 0 Å². The quantitative estimate of drug-likeness (QED) is 0.428. The van der Waals surface area contributed by atoms with Gasteiger partial charge in [0.15, 0.2) is 0 Å². The van der Waals surface area contributed by atoms with E-state index in [9.17, 15) is 4.79 Å². The molecule has 0 aliphatic rings. The Hall–Kier alpha value is -0.0900. The van der Waals surface area contributed by atoms with Gasteiger partial charge in [-0.15, -0.1) is 0 Å². The number of hydroxylamine groups is 1. The molecule has 0 aromatic rings. The largest absolute Gasteiger partial charge is 0.273 e. The second kappa shape index (κ2) is 8.51. The number of halogens is 1. The zero-order chi connectivity index (χ0) is 10.1. The maximum atomic E-state index is 11.0. The molecular formula is C9H18BrNO2. The van der Waals surface area contributed by atoms with Crippen molar-refractivity contribution in [3.63, 3.8) is 0 Å². The molecule has 0 atom stereocenters. The van der Waals surface area contributed by atoms with E-state index >= 15 is 0 Å². The summed E-state index contributed by atoms with van der Waals surface area (Å²) in [5.41, 5.74) is 2.42. The Morgan fingerprint density at radius 3 is 2.69 bits per heavy atom. The van der Waals surface area contributed by atoms with Gasteiger partial charge in [-0.2, -0.15) is 0 Å². The number of nitrogens with one attached hydrogen (secondary N) is 1. The van der Waals surface area contributed by atoms with Crippen LogP contribution in [0.3, 0.4) is 0 Å². The second-order valence-electron chi connectivity index (χ2n) is 3.38. The summed E-state index contributed by atoms with van der Waals surface area (Å²) in [6.45, 7) is 4.65. The van der Waals surface area contributed by atoms with Gasteiger partial charge in [0, 0.05) is 11.8 Å². The number of hydrogen-bond donors (Lipinski definition) is 1. The molecule has 0 heterocycles. The van der Waals surface area contributed by atoms with Gasteiger partial charge in [0.1, 0.15) is 0 Å². The number of carbonyl (C=O) groups is 1. The first-order valence-electron chi connectivity index (χ1n) is 4.63. The van der Waals surface area contributed by atoms with Crippen LogP contribution in [0, 0.1) is 5.92 Å². The third-order valence-electron chi connectivity index (χ3n) is 1.39. The maximum absolute atomic E-state index is 11.0. The van der Waals surface area contributed by atoms with Crippen molar-refractivity contribution < 1.29 is 9.63 Å². The summed E-state index contributed by atoms with van der Waals surface area (Å²) < 4.78 is 0. The van der Waals surface area contributed by atoms with Gasteiger partial charge in [-0.3, -0.25) is 9.63 Å². The SMILES string of the molecule is CC(C)CONC(=O)CCCCBr. The van der Waals surface area contributed by atoms with Gasteiger partial charge in [-0.25, -0.2) is 5.48 Å². The van der Waals surface area contributed by atoms with Crippen LogP contribution in [0.15, 0.2) is 0 Å². The van der Waals surface area contributed by atoms with E-state index in [1.54, 1.807) is 0 Å². The molecule has 3 nitrogen and oxygen atoms in total. The molecule has 0 saturated carbocycles. The molecule has 4 heteroatoms. The van der Waals surface area contributed by atoms with E-state index in [-0.39, 0.29) is 5.91 Å². The molecule has 0 aliphatic carbocycles. The van der Waals surface area contributed by atoms with Gasteiger partial charge in [0.25, 0.3) is 0 Å². The first-order chi connectivity index (χ1) is 6.16. The first kappa shape index (κ1) is 12.9. The highest BCUT2D eigenvalue weighted by molar-refractivity contribution is 9.09. The standard InChI is InChI=1S/C9H18BrNO2/c1-8(2)7-13-11-9(12)5-3-4-6-10/h8H,3-7H2,1-2H3,(H,11,12). The monoisotopic (exact) mass is 251 g/mol. The predicted octanol–water partition coefficient (Wildman–Crippen LogP) is 2.26. The minimum absolute atomic E-state index is 0.0263. The molecule has 0 fully saturated rings. The highest BCUT2D eigenvalue weighted by Crippen LogP contribution is 1.98. The molecule has 1 amide bonds. The summed E-state index contributed by atoms with van der Waals surface area (Å²) in [5.74, 6) is 0.421. The lowest BCUT2D eigenvalue weighted by molar-refractivity contribution is -0.134. The van der Waals surface area contributed by atoms with Gasteiger partial charge in [-0.05, 0) is 18.8 Å². The molecule has 0 aromatic heterocycles. The predicted molar refractivity (Wildman–Crippen MR) is 56.6 cm³/mol. The Balaban J connectivity index is 3.20. The van der Waals surface area contributed by atoms with E-state index in [4.69, 9.17) is 4.84 Å². The molecule has 0 unspecified atom stereocenters. The Bertz CT molecular complexity index is 140. The molecule has 0 aromatic carbocycles. The van der Waals surface area contributed by atoms with Crippen molar-refractivity contribution in [3.05, 3.63) is 0 Å². The van der Waals surface area contributed by atoms with Gasteiger partial charge >= 0.3 is 0 Å². The molecule has 0 aliphatic heterocycles. The lowest BCUT2D eigenvalue weighted by Crippen LogP contribution is -2.25. The van der Waals surface area contributed by atoms with Crippen molar-refractivity contribution >= 4 is 21.8 Å². The number of amides is 1. The van der Waals surface area contributed by atoms with E-state index in [2.05, 4.69) is 21.4 Å². The van der Waals surface area contributed by atoms with Gasteiger partial charge in [-0.1, -0.05) is 29.8 Å². The van der Waals surface area contributed by atoms with E-state index in [1.807, 2.05) is 13.8 Å². The Morgan fingerprint density at radius 2 is 2.15 bits per heavy atom. The van der Waals surface area contributed by atoms with Crippen molar-refractivity contribution in [2.24, 2.45) is 5.92 Å². The summed E-state index contributed by atoms with van der Waals surface area (Å²) in [6.07, 6.45) is 2.48. The number of rotatable bonds is 7. The third-order valence-corrected chi connectivity index (χ3v) is 1.95. The lowest BCUT2D eigenvalue weighted by atomic mass is 10.2. The van der Waals surface area contributed by atoms with Crippen molar-refractivity contribution in [1.29, 1.82) is 0 Å². The summed E-state index contributed by atoms with van der Waals surface area (Å²) >= 11 is 3.31. The fourth-order valence-corrected chi connectivity index (χ4v) is 1.12. The summed E-state index contributed by atoms with van der Waals surface area (Å²) in [7, 11) is 0. The smallest absolute Gasteiger partial charge is 0.243 e. The number of alkyl halides is 1. The van der Waals surface area contributed by atoms with Gasteiger partial charge in [0.05, 0.1) is 6.61 Å². The minimum Gasteiger partial charge on any atom is -0.273 e. The minimum atomic E-state index is -0.0263. The fourth-order valence-electron chi connectivity index (χ4n) is 0.720. The van der Waals surface area contributed by atoms with Crippen LogP contribution in [-0.2, 0) is 9.63 Å². The van der Waals surface area contributed by atoms with Crippen molar-refractivity contribution in [1.82, 2.24) is 5.48 Å². The molecule has 0 spiro atoms. The van der Waals surface area contributed by atoms with Crippen LogP contribution in [0.4, 0.5) is 0 Å². The number of hydrogen-bond acceptors (Lipinski definition) is 2. The van der Waals surface area contributed by atoms with Crippen LogP contribution in [0.5, 0.6) is 0 Å². The molecule has 0 rings (SSSR count). The van der Waals surface area contributed by atoms with Crippen LogP contribution in [0.1, 0.15) is 33.1 Å². The third kappa shape index (κ3) is 9.83. The summed E-state index contributed by atoms with van der Waals surface area (Å²) in [5, 5.41) is 0.952. The molecule has 1 N–H and O–H groups in total. The van der Waals surface area contributed by atoms with E-state index < -0.39 is 0 Å². The average molecular weight is 252 g/mol. The maximum Gasteiger partial charge on any atom is 0.243 e. The second-order valence-corrected chi connectivity index (χ2v) is 4.17. The molecule has 0 bridgehead atoms. The number of unbranched alkanes of at least 4 members (excludes halogenated alkanes) is 1. The van der Waals surface area contributed by atoms with E-state index in [0.717, 1.165) is 18.2 Å². The average Bonchev–Trinajstić information content (AvgIpc) is 2.04. The molecular weight excluding hydrogens is 234 g/mol. The molecule has 13 heavy (non-hydrogen) atoms. The fraction of sp³-hybridized carbons (Fsp3) is 0.889. The lowest BCUT2D eigenvalue weighted by Gasteiger charge is -2.07. The Labute approximate surface area is 88.3 Å². The summed E-state index contributed by atoms with van der Waals surface area (Å²) in [4.78, 5) is 16.0. The molecule has 78 valence electrons. The van der Waals surface area contributed by atoms with E-state index in [1.165, 1.54) is 0 Å². The van der Waals surface area contributed by atoms with Gasteiger partial charge in [0.2, 0.25) is 5.91 Å². The van der Waals surface area contributed by atoms with Gasteiger partial charge < -0.3 is 0 Å². The first-order valence-corrected chi connectivity index (χ1v) is 5.75. The Kier molecular flexibility index (Phi) is 8.45. The topological polar surface area (TPSA) is 38.3 Å². The zero-order valence-corrected chi connectivity index (χ0v) is 9.89. The van der Waals surface area contributed by atoms with Crippen LogP contribution in [0.25, 0.3) is 0 Å². The van der Waals surface area contributed by atoms with Crippen molar-refractivity contribution in [2.75, 3.05) is 11.9 Å². The van der Waals surface area contributed by atoms with Crippen molar-refractivity contribution in [2.45, 2.75) is 33.1 Å². The van der Waals surface area contributed by atoms with Crippen LogP contribution in [0.2, 0.25) is 0 Å². The van der Waals surface area contributed by atoms with E-state index in [0.29, 0.717) is 18.9 Å². The Morgan fingerprint density at radius 1 is 1.46 bits per heavy atom.